The van der Waals surface area contributed by atoms with Gasteiger partial charge in [0.2, 0.25) is 0 Å². The van der Waals surface area contributed by atoms with E-state index >= 15 is 0 Å². The third-order valence-corrected chi connectivity index (χ3v) is 6.01. The molecular weight excluding hydrogens is 456 g/mol. The molecule has 2 heterocycles. The number of carbonyl (C=O) groups excluding carboxylic acids is 3. The van der Waals surface area contributed by atoms with Crippen LogP contribution in [0.3, 0.4) is 0 Å². The first kappa shape index (κ1) is 24.3. The van der Waals surface area contributed by atoms with Crippen LogP contribution in [0.4, 0.5) is 8.78 Å². The lowest BCUT2D eigenvalue weighted by Crippen LogP contribution is -2.45. The van der Waals surface area contributed by atoms with Gasteiger partial charge in [0, 0.05) is 37.0 Å². The highest BCUT2D eigenvalue weighted by molar-refractivity contribution is 5.99. The first-order chi connectivity index (χ1) is 16.8. The van der Waals surface area contributed by atoms with Crippen molar-refractivity contribution >= 4 is 17.7 Å². The third-order valence-electron chi connectivity index (χ3n) is 6.01. The van der Waals surface area contributed by atoms with Gasteiger partial charge in [-0.25, -0.2) is 8.78 Å². The largest absolute Gasteiger partial charge is 0.457 e. The van der Waals surface area contributed by atoms with E-state index in [-0.39, 0.29) is 29.4 Å². The number of rotatable bonds is 7. The Morgan fingerprint density at radius 3 is 2.34 bits per heavy atom. The topological polar surface area (TPSA) is 81.5 Å². The molecular formula is C26H25F2N3O4. The number of halogens is 2. The predicted molar refractivity (Wildman–Crippen MR) is 124 cm³/mol. The Labute approximate surface area is 201 Å². The molecule has 1 saturated heterocycles. The van der Waals surface area contributed by atoms with Gasteiger partial charge < -0.3 is 9.64 Å². The number of ketones is 1. The van der Waals surface area contributed by atoms with Crippen molar-refractivity contribution in [3.05, 3.63) is 77.6 Å². The zero-order chi connectivity index (χ0) is 24.9. The molecule has 9 heteroatoms. The van der Waals surface area contributed by atoms with Crippen LogP contribution in [0.5, 0.6) is 0 Å². The molecule has 182 valence electrons. The fourth-order valence-electron chi connectivity index (χ4n) is 4.22. The second-order valence-electron chi connectivity index (χ2n) is 8.51. The van der Waals surface area contributed by atoms with Crippen LogP contribution in [-0.4, -0.2) is 51.5 Å². The van der Waals surface area contributed by atoms with Crippen molar-refractivity contribution in [2.45, 2.75) is 31.7 Å². The van der Waals surface area contributed by atoms with Crippen molar-refractivity contribution in [1.82, 2.24) is 14.7 Å². The number of ether oxygens (including phenoxy) is 1. The van der Waals surface area contributed by atoms with Gasteiger partial charge in [-0.2, -0.15) is 5.10 Å². The molecule has 1 atom stereocenters. The summed E-state index contributed by atoms with van der Waals surface area (Å²) < 4.78 is 33.1. The average molecular weight is 481 g/mol. The van der Waals surface area contributed by atoms with E-state index in [1.54, 1.807) is 30.3 Å². The highest BCUT2D eigenvalue weighted by Crippen LogP contribution is 2.28. The average Bonchev–Trinajstić information content (AvgIpc) is 3.25. The highest BCUT2D eigenvalue weighted by atomic mass is 19.1. The fraction of sp³-hybridized carbons (Fsp3) is 0.308. The summed E-state index contributed by atoms with van der Waals surface area (Å²) in [5, 5.41) is 4.34. The maximum absolute atomic E-state index is 13.5. The summed E-state index contributed by atoms with van der Waals surface area (Å²) in [4.78, 5) is 39.8. The minimum atomic E-state index is -0.593. The highest BCUT2D eigenvalue weighted by Gasteiger charge is 2.32. The number of aryl methyl sites for hydroxylation is 1. The minimum Gasteiger partial charge on any atom is -0.457 e. The third kappa shape index (κ3) is 5.79. The molecule has 3 aromatic rings. The number of benzene rings is 2. The van der Waals surface area contributed by atoms with Gasteiger partial charge in [0.15, 0.2) is 18.1 Å². The molecule has 0 saturated carbocycles. The number of nitrogens with zero attached hydrogens (tertiary/aromatic N) is 3. The summed E-state index contributed by atoms with van der Waals surface area (Å²) in [5.74, 6) is -2.18. The standard InChI is InChI=1S/C26H25F2N3O4/c1-30-15-22(17-5-9-19(27)10-6-17)25(29-30)26(34)31-13-3-2-4-21(31)14-24(33)35-16-23(32)18-7-11-20(28)12-8-18/h5-12,15,21H,2-4,13-14,16H2,1H3. The van der Waals surface area contributed by atoms with Crippen molar-refractivity contribution in [3.8, 4) is 11.1 Å². The molecule has 2 aromatic carbocycles. The zero-order valence-corrected chi connectivity index (χ0v) is 19.2. The van der Waals surface area contributed by atoms with Crippen LogP contribution < -0.4 is 0 Å². The molecule has 0 N–H and O–H groups in total. The predicted octanol–water partition coefficient (Wildman–Crippen LogP) is 4.18. The van der Waals surface area contributed by atoms with Gasteiger partial charge in [0.1, 0.15) is 11.6 Å². The molecule has 0 radical (unpaired) electrons. The van der Waals surface area contributed by atoms with Gasteiger partial charge in [0.05, 0.1) is 6.42 Å². The van der Waals surface area contributed by atoms with E-state index in [4.69, 9.17) is 4.74 Å². The van der Waals surface area contributed by atoms with Crippen LogP contribution in [0, 0.1) is 11.6 Å². The number of hydrogen-bond donors (Lipinski definition) is 0. The van der Waals surface area contributed by atoms with E-state index in [0.29, 0.717) is 24.1 Å². The molecule has 0 aliphatic carbocycles. The van der Waals surface area contributed by atoms with Crippen molar-refractivity contribution in [2.75, 3.05) is 13.2 Å². The lowest BCUT2D eigenvalue weighted by Gasteiger charge is -2.35. The molecule has 7 nitrogen and oxygen atoms in total. The monoisotopic (exact) mass is 481 g/mol. The van der Waals surface area contributed by atoms with E-state index < -0.39 is 30.2 Å². The van der Waals surface area contributed by atoms with Crippen LogP contribution in [0.2, 0.25) is 0 Å². The summed E-state index contributed by atoms with van der Waals surface area (Å²) in [5.41, 5.74) is 1.72. The quantitative estimate of drug-likeness (QED) is 0.374. The van der Waals surface area contributed by atoms with E-state index in [1.807, 2.05) is 0 Å². The Morgan fingerprint density at radius 2 is 1.66 bits per heavy atom. The van der Waals surface area contributed by atoms with Crippen molar-refractivity contribution in [3.63, 3.8) is 0 Å². The summed E-state index contributed by atoms with van der Waals surface area (Å²) in [6, 6.07) is 10.4. The molecule has 1 aromatic heterocycles. The maximum Gasteiger partial charge on any atom is 0.308 e. The summed E-state index contributed by atoms with van der Waals surface area (Å²) in [7, 11) is 1.70. The molecule has 1 fully saturated rings. The second kappa shape index (κ2) is 10.6. The van der Waals surface area contributed by atoms with Gasteiger partial charge in [0.25, 0.3) is 5.91 Å². The number of hydrogen-bond acceptors (Lipinski definition) is 5. The smallest absolute Gasteiger partial charge is 0.308 e. The first-order valence-electron chi connectivity index (χ1n) is 11.4. The number of Topliss-reactive ketones (excluding diaryl/α,β-unsaturated/α-hetero) is 1. The molecule has 1 aliphatic rings. The zero-order valence-electron chi connectivity index (χ0n) is 19.2. The number of amides is 1. The number of carbonyl (C=O) groups is 3. The Morgan fingerprint density at radius 1 is 1.00 bits per heavy atom. The maximum atomic E-state index is 13.5. The number of esters is 1. The lowest BCUT2D eigenvalue weighted by atomic mass is 9.98. The van der Waals surface area contributed by atoms with E-state index in [2.05, 4.69) is 5.10 Å². The summed E-state index contributed by atoms with van der Waals surface area (Å²) in [6.07, 6.45) is 3.91. The van der Waals surface area contributed by atoms with Crippen molar-refractivity contribution in [1.29, 1.82) is 0 Å². The van der Waals surface area contributed by atoms with Gasteiger partial charge in [-0.1, -0.05) is 12.1 Å². The number of piperidine rings is 1. The lowest BCUT2D eigenvalue weighted by molar-refractivity contribution is -0.143. The Bertz CT molecular complexity index is 1220. The molecule has 1 amide bonds. The van der Waals surface area contributed by atoms with Gasteiger partial charge in [-0.05, 0) is 61.2 Å². The van der Waals surface area contributed by atoms with E-state index in [9.17, 15) is 23.2 Å². The Kier molecular flexibility index (Phi) is 7.33. The molecule has 1 unspecified atom stereocenters. The normalized spacial score (nSPS) is 15.6. The van der Waals surface area contributed by atoms with Gasteiger partial charge in [-0.3, -0.25) is 19.1 Å². The van der Waals surface area contributed by atoms with Crippen LogP contribution in [0.15, 0.2) is 54.7 Å². The molecule has 1 aliphatic heterocycles. The van der Waals surface area contributed by atoms with Crippen LogP contribution in [-0.2, 0) is 16.6 Å². The number of likely N-dealkylation sites (tertiary alicyclic amines) is 1. The first-order valence-corrected chi connectivity index (χ1v) is 11.4. The molecule has 4 rings (SSSR count). The van der Waals surface area contributed by atoms with Crippen molar-refractivity contribution in [2.24, 2.45) is 7.05 Å². The molecule has 35 heavy (non-hydrogen) atoms. The van der Waals surface area contributed by atoms with E-state index in [1.165, 1.54) is 41.1 Å². The fourth-order valence-corrected chi connectivity index (χ4v) is 4.22. The second-order valence-corrected chi connectivity index (χ2v) is 8.51. The SMILES string of the molecule is Cn1cc(-c2ccc(F)cc2)c(C(=O)N2CCCCC2CC(=O)OCC(=O)c2ccc(F)cc2)n1. The molecule has 0 bridgehead atoms. The Hall–Kier alpha value is -3.88. The van der Waals surface area contributed by atoms with E-state index in [0.717, 1.165) is 12.8 Å². The van der Waals surface area contributed by atoms with Crippen LogP contribution in [0.1, 0.15) is 46.5 Å². The molecule has 0 spiro atoms. The summed E-state index contributed by atoms with van der Waals surface area (Å²) >= 11 is 0. The number of aromatic nitrogens is 2. The van der Waals surface area contributed by atoms with Crippen molar-refractivity contribution < 1.29 is 27.9 Å². The van der Waals surface area contributed by atoms with Gasteiger partial charge in [-0.15, -0.1) is 0 Å². The summed E-state index contributed by atoms with van der Waals surface area (Å²) in [6.45, 7) is 0.00477. The minimum absolute atomic E-state index is 0.0544. The van der Waals surface area contributed by atoms with Gasteiger partial charge >= 0.3 is 5.97 Å². The Balaban J connectivity index is 1.44. The van der Waals surface area contributed by atoms with Crippen LogP contribution >= 0.6 is 0 Å². The van der Waals surface area contributed by atoms with Crippen LogP contribution in [0.25, 0.3) is 11.1 Å².